The highest BCUT2D eigenvalue weighted by Crippen LogP contribution is 2.36. The van der Waals surface area contributed by atoms with E-state index in [-0.39, 0.29) is 17.8 Å². The summed E-state index contributed by atoms with van der Waals surface area (Å²) in [5.74, 6) is -1.37. The second kappa shape index (κ2) is 7.02. The summed E-state index contributed by atoms with van der Waals surface area (Å²) in [5.41, 5.74) is 2.90. The summed E-state index contributed by atoms with van der Waals surface area (Å²) in [6.07, 6.45) is 3.20. The smallest absolute Gasteiger partial charge is 0.255 e. The zero-order valence-electron chi connectivity index (χ0n) is 17.4. The van der Waals surface area contributed by atoms with Crippen LogP contribution in [0.15, 0.2) is 48.8 Å². The van der Waals surface area contributed by atoms with E-state index in [4.69, 9.17) is 15.7 Å². The summed E-state index contributed by atoms with van der Waals surface area (Å²) in [7, 11) is 14.1. The van der Waals surface area contributed by atoms with Crippen molar-refractivity contribution in [2.24, 2.45) is 7.05 Å². The fourth-order valence-corrected chi connectivity index (χ4v) is 4.27. The lowest BCUT2D eigenvalue weighted by molar-refractivity contribution is 0.0729. The van der Waals surface area contributed by atoms with E-state index in [0.29, 0.717) is 33.2 Å². The van der Waals surface area contributed by atoms with Crippen molar-refractivity contribution < 1.29 is 13.6 Å². The third-order valence-corrected chi connectivity index (χ3v) is 5.90. The van der Waals surface area contributed by atoms with Crippen molar-refractivity contribution in [1.29, 1.82) is 0 Å². The fourth-order valence-electron chi connectivity index (χ4n) is 4.27. The summed E-state index contributed by atoms with van der Waals surface area (Å²) in [4.78, 5) is 18.2. The zero-order chi connectivity index (χ0) is 22.8. The Balaban J connectivity index is 1.55. The maximum atomic E-state index is 15.3. The molecule has 9 heteroatoms. The Morgan fingerprint density at radius 2 is 1.88 bits per heavy atom. The van der Waals surface area contributed by atoms with Crippen LogP contribution in [0.25, 0.3) is 22.0 Å². The molecule has 5 rings (SSSR count). The summed E-state index contributed by atoms with van der Waals surface area (Å²) in [5, 5.41) is 3.08. The van der Waals surface area contributed by atoms with Crippen molar-refractivity contribution in [2.75, 3.05) is 0 Å². The monoisotopic (exact) mass is 424 g/mol. The van der Waals surface area contributed by atoms with E-state index in [2.05, 4.69) is 10.1 Å². The lowest BCUT2D eigenvalue weighted by atomic mass is 9.59. The molecule has 0 N–H and O–H groups in total. The molecule has 1 aliphatic rings. The Morgan fingerprint density at radius 3 is 2.59 bits per heavy atom. The summed E-state index contributed by atoms with van der Waals surface area (Å²) < 4.78 is 31.0. The Hall–Kier alpha value is -3.48. The highest BCUT2D eigenvalue weighted by molar-refractivity contribution is 6.42. The number of pyridine rings is 1. The van der Waals surface area contributed by atoms with Crippen LogP contribution in [0, 0.1) is 18.6 Å². The topological polar surface area (TPSA) is 51.0 Å². The molecule has 4 aromatic rings. The van der Waals surface area contributed by atoms with Gasteiger partial charge in [0.2, 0.25) is 0 Å². The van der Waals surface area contributed by atoms with E-state index in [1.807, 2.05) is 0 Å². The number of halogens is 2. The van der Waals surface area contributed by atoms with Crippen LogP contribution >= 0.6 is 0 Å². The minimum absolute atomic E-state index is 0.119. The molecule has 4 radical (unpaired) electrons. The van der Waals surface area contributed by atoms with Gasteiger partial charge in [-0.25, -0.2) is 8.78 Å². The molecule has 5 nitrogen and oxygen atoms in total. The molecular formula is C23H16B2F2N4O. The third-order valence-electron chi connectivity index (χ3n) is 5.90. The first-order valence-electron chi connectivity index (χ1n) is 9.95. The molecule has 0 unspecified atom stereocenters. The highest BCUT2D eigenvalue weighted by atomic mass is 19.1. The Kier molecular flexibility index (Phi) is 4.48. The maximum Gasteiger partial charge on any atom is 0.255 e. The normalized spacial score (nSPS) is 14.9. The SMILES string of the molecule is [B]C1([B])c2ncccc2C(=O)N1Cc1c(C)cc(-c2ccc(F)c3nn(C)cc23)cc1F. The van der Waals surface area contributed by atoms with Gasteiger partial charge in [0, 0.05) is 42.3 Å². The van der Waals surface area contributed by atoms with Crippen LogP contribution in [-0.2, 0) is 18.9 Å². The van der Waals surface area contributed by atoms with Gasteiger partial charge >= 0.3 is 0 Å². The molecule has 2 aromatic carbocycles. The molecular weight excluding hydrogens is 408 g/mol. The fraction of sp³-hybridized carbons (Fsp3) is 0.174. The van der Waals surface area contributed by atoms with Gasteiger partial charge in [-0.1, -0.05) is 12.1 Å². The van der Waals surface area contributed by atoms with Crippen molar-refractivity contribution in [1.82, 2.24) is 19.7 Å². The van der Waals surface area contributed by atoms with Gasteiger partial charge in [-0.3, -0.25) is 14.5 Å². The zero-order valence-corrected chi connectivity index (χ0v) is 17.4. The molecule has 0 saturated carbocycles. The molecule has 0 spiro atoms. The van der Waals surface area contributed by atoms with Crippen molar-refractivity contribution in [2.45, 2.75) is 18.8 Å². The van der Waals surface area contributed by atoms with E-state index < -0.39 is 22.9 Å². The van der Waals surface area contributed by atoms with Gasteiger partial charge in [-0.15, -0.1) is 0 Å². The van der Waals surface area contributed by atoms with Crippen molar-refractivity contribution >= 4 is 32.5 Å². The van der Waals surface area contributed by atoms with Crippen LogP contribution in [0.1, 0.15) is 27.2 Å². The number of hydrogen-bond donors (Lipinski definition) is 0. The van der Waals surface area contributed by atoms with Gasteiger partial charge in [0.1, 0.15) is 11.3 Å². The van der Waals surface area contributed by atoms with Crippen LogP contribution in [0.5, 0.6) is 0 Å². The predicted octanol–water partition coefficient (Wildman–Crippen LogP) is 3.33. The molecule has 1 aliphatic heterocycles. The Labute approximate surface area is 185 Å². The van der Waals surface area contributed by atoms with Crippen LogP contribution < -0.4 is 0 Å². The molecule has 0 fully saturated rings. The molecule has 154 valence electrons. The number of rotatable bonds is 3. The molecule has 0 aliphatic carbocycles. The lowest BCUT2D eigenvalue weighted by Crippen LogP contribution is -2.45. The van der Waals surface area contributed by atoms with Crippen molar-refractivity contribution in [3.8, 4) is 11.1 Å². The van der Waals surface area contributed by atoms with Gasteiger partial charge in [0.15, 0.2) is 5.82 Å². The van der Waals surface area contributed by atoms with Crippen molar-refractivity contribution in [3.63, 3.8) is 0 Å². The molecule has 1 amide bonds. The van der Waals surface area contributed by atoms with E-state index in [9.17, 15) is 9.18 Å². The molecule has 0 bridgehead atoms. The highest BCUT2D eigenvalue weighted by Gasteiger charge is 2.43. The van der Waals surface area contributed by atoms with Gasteiger partial charge in [0.05, 0.1) is 26.9 Å². The molecule has 0 atom stereocenters. The number of benzene rings is 2. The molecule has 2 aromatic heterocycles. The second-order valence-corrected chi connectivity index (χ2v) is 8.03. The summed E-state index contributed by atoms with van der Waals surface area (Å²) in [6.45, 7) is 1.62. The number of nitrogens with zero attached hydrogens (tertiary/aromatic N) is 4. The van der Waals surface area contributed by atoms with Crippen molar-refractivity contribution in [3.05, 3.63) is 82.8 Å². The number of amides is 1. The summed E-state index contributed by atoms with van der Waals surface area (Å²) >= 11 is 0. The Bertz CT molecular complexity index is 1390. The number of fused-ring (bicyclic) bond motifs is 2. The van der Waals surface area contributed by atoms with Gasteiger partial charge < -0.3 is 4.90 Å². The minimum atomic E-state index is -1.65. The van der Waals surface area contributed by atoms with E-state index in [1.165, 1.54) is 27.9 Å². The first kappa shape index (κ1) is 20.4. The van der Waals surface area contributed by atoms with Crippen LogP contribution in [0.2, 0.25) is 0 Å². The quantitative estimate of drug-likeness (QED) is 0.475. The molecule has 0 saturated heterocycles. The van der Waals surface area contributed by atoms with E-state index in [1.54, 1.807) is 44.4 Å². The first-order valence-corrected chi connectivity index (χ1v) is 9.95. The Morgan fingerprint density at radius 1 is 1.09 bits per heavy atom. The van der Waals surface area contributed by atoms with E-state index >= 15 is 4.39 Å². The van der Waals surface area contributed by atoms with Crippen LogP contribution in [0.3, 0.4) is 0 Å². The predicted molar refractivity (Wildman–Crippen MR) is 118 cm³/mol. The van der Waals surface area contributed by atoms with Crippen LogP contribution in [-0.4, -0.2) is 41.3 Å². The largest absolute Gasteiger partial charge is 0.340 e. The molecule has 3 heterocycles. The van der Waals surface area contributed by atoms with Gasteiger partial charge in [-0.2, -0.15) is 5.10 Å². The number of aromatic nitrogens is 3. The average Bonchev–Trinajstić information content (AvgIpc) is 3.22. The molecule has 32 heavy (non-hydrogen) atoms. The first-order chi connectivity index (χ1) is 15.2. The van der Waals surface area contributed by atoms with Gasteiger partial charge in [-0.05, 0) is 47.9 Å². The minimum Gasteiger partial charge on any atom is -0.340 e. The van der Waals surface area contributed by atoms with Crippen LogP contribution in [0.4, 0.5) is 8.78 Å². The average molecular weight is 424 g/mol. The lowest BCUT2D eigenvalue weighted by Gasteiger charge is -2.33. The standard InChI is InChI=1S/C23H16B2F2N4O/c1-12-8-13(14-5-6-18(26)20-17(14)10-30(2)29-20)9-19(27)16(12)11-31-22(32)15-4-3-7-28-21(15)23(31,24)25/h3-10H,11H2,1-2H3. The number of carbonyl (C=O) groups is 1. The number of carbonyl (C=O) groups excluding carboxylic acids is 1. The third kappa shape index (κ3) is 2.95. The van der Waals surface area contributed by atoms with E-state index in [0.717, 1.165) is 0 Å². The summed E-state index contributed by atoms with van der Waals surface area (Å²) in [6, 6.07) is 9.29. The van der Waals surface area contributed by atoms with Gasteiger partial charge in [0.25, 0.3) is 5.91 Å². The number of aryl methyl sites for hydroxylation is 2. The second-order valence-electron chi connectivity index (χ2n) is 8.03. The maximum absolute atomic E-state index is 15.3. The number of hydrogen-bond acceptors (Lipinski definition) is 3.